The molecule has 3 aliphatic heterocycles. The predicted molar refractivity (Wildman–Crippen MR) is 125 cm³/mol. The van der Waals surface area contributed by atoms with Crippen LogP contribution in [0.3, 0.4) is 0 Å². The number of methoxy groups -OCH3 is 1. The minimum Gasteiger partial charge on any atom is -0.477 e. The van der Waals surface area contributed by atoms with Crippen molar-refractivity contribution in [2.24, 2.45) is 5.92 Å². The lowest BCUT2D eigenvalue weighted by atomic mass is 9.77. The van der Waals surface area contributed by atoms with Gasteiger partial charge in [0, 0.05) is 51.7 Å². The molecule has 1 unspecified atom stereocenters. The standard InChI is InChI=1S/C21H33N5O5S2/c1-27-20-21(25-33-24-20)31-14-4-12-29-10-2-9-28-11-3-13-30-19-18(22-32-23-19)17-15-26-7-5-16(17)6-8-26/h16-17H,2-15H2,1H3. The van der Waals surface area contributed by atoms with Gasteiger partial charge >= 0.3 is 0 Å². The number of aromatic nitrogens is 4. The van der Waals surface area contributed by atoms with Crippen molar-refractivity contribution in [1.29, 1.82) is 0 Å². The van der Waals surface area contributed by atoms with E-state index in [9.17, 15) is 0 Å². The van der Waals surface area contributed by atoms with Crippen LogP contribution < -0.4 is 14.2 Å². The van der Waals surface area contributed by atoms with Crippen molar-refractivity contribution in [2.45, 2.75) is 38.0 Å². The summed E-state index contributed by atoms with van der Waals surface area (Å²) in [5.74, 6) is 2.83. The molecular formula is C21H33N5O5S2. The Morgan fingerprint density at radius 3 is 1.97 bits per heavy atom. The van der Waals surface area contributed by atoms with E-state index in [4.69, 9.17) is 23.7 Å². The molecule has 2 aromatic heterocycles. The normalized spacial score (nSPS) is 21.9. The first-order valence-corrected chi connectivity index (χ1v) is 13.1. The first-order chi connectivity index (χ1) is 16.3. The Labute approximate surface area is 203 Å². The van der Waals surface area contributed by atoms with E-state index in [1.54, 1.807) is 7.11 Å². The molecule has 0 N–H and O–H groups in total. The summed E-state index contributed by atoms with van der Waals surface area (Å²) in [4.78, 5) is 2.54. The molecule has 3 aliphatic rings. The molecule has 12 heteroatoms. The maximum atomic E-state index is 5.95. The van der Waals surface area contributed by atoms with Gasteiger partial charge in [-0.1, -0.05) is 0 Å². The highest BCUT2D eigenvalue weighted by atomic mass is 32.1. The van der Waals surface area contributed by atoms with Crippen LogP contribution in [-0.2, 0) is 9.47 Å². The number of hydrogen-bond acceptors (Lipinski definition) is 12. The third-order valence-corrected chi connectivity index (χ3v) is 7.05. The van der Waals surface area contributed by atoms with Gasteiger partial charge in [-0.3, -0.25) is 0 Å². The summed E-state index contributed by atoms with van der Waals surface area (Å²) in [5, 5.41) is 0. The average Bonchev–Trinajstić information content (AvgIpc) is 3.52. The Bertz CT molecular complexity index is 815. The van der Waals surface area contributed by atoms with Crippen molar-refractivity contribution in [1.82, 2.24) is 22.4 Å². The second kappa shape index (κ2) is 13.3. The number of hydrogen-bond donors (Lipinski definition) is 0. The smallest absolute Gasteiger partial charge is 0.291 e. The fraction of sp³-hybridized carbons (Fsp3) is 0.810. The Morgan fingerprint density at radius 1 is 0.758 bits per heavy atom. The minimum atomic E-state index is 0.432. The van der Waals surface area contributed by atoms with Gasteiger partial charge in [-0.05, 0) is 38.3 Å². The van der Waals surface area contributed by atoms with Crippen molar-refractivity contribution < 1.29 is 23.7 Å². The van der Waals surface area contributed by atoms with Gasteiger partial charge < -0.3 is 28.6 Å². The van der Waals surface area contributed by atoms with Crippen LogP contribution in [0.25, 0.3) is 0 Å². The van der Waals surface area contributed by atoms with E-state index in [1.165, 1.54) is 37.7 Å². The highest BCUT2D eigenvalue weighted by Crippen LogP contribution is 2.41. The summed E-state index contributed by atoms with van der Waals surface area (Å²) < 4.78 is 44.8. The van der Waals surface area contributed by atoms with Crippen LogP contribution in [0.15, 0.2) is 0 Å². The molecule has 5 rings (SSSR count). The lowest BCUT2D eigenvalue weighted by Gasteiger charge is -2.44. The molecule has 0 radical (unpaired) electrons. The molecule has 10 nitrogen and oxygen atoms in total. The van der Waals surface area contributed by atoms with Crippen molar-refractivity contribution in [2.75, 3.05) is 66.4 Å². The van der Waals surface area contributed by atoms with E-state index < -0.39 is 0 Å². The summed E-state index contributed by atoms with van der Waals surface area (Å²) in [6.07, 6.45) is 5.03. The van der Waals surface area contributed by atoms with Gasteiger partial charge in [0.25, 0.3) is 11.8 Å². The summed E-state index contributed by atoms with van der Waals surface area (Å²) in [7, 11) is 1.55. The van der Waals surface area contributed by atoms with Crippen molar-refractivity contribution in [3.63, 3.8) is 0 Å². The molecule has 33 heavy (non-hydrogen) atoms. The molecule has 1 atom stereocenters. The van der Waals surface area contributed by atoms with E-state index in [0.29, 0.717) is 57.3 Å². The Balaban J connectivity index is 0.973. The topological polar surface area (TPSA) is 101 Å². The van der Waals surface area contributed by atoms with Crippen LogP contribution in [0.1, 0.15) is 43.7 Å². The monoisotopic (exact) mass is 499 g/mol. The SMILES string of the molecule is COc1nsnc1OCCCOCCCOCCCOc1nsnc1C1CN2CCC1CC2. The third kappa shape index (κ3) is 7.19. The van der Waals surface area contributed by atoms with Gasteiger partial charge in [0.2, 0.25) is 5.88 Å². The zero-order valence-electron chi connectivity index (χ0n) is 19.1. The summed E-state index contributed by atoms with van der Waals surface area (Å²) in [5.41, 5.74) is 1.07. The Kier molecular flexibility index (Phi) is 9.90. The summed E-state index contributed by atoms with van der Waals surface area (Å²) in [6.45, 7) is 7.35. The van der Waals surface area contributed by atoms with Gasteiger partial charge in [0.05, 0.1) is 43.8 Å². The molecule has 0 aliphatic carbocycles. The van der Waals surface area contributed by atoms with Gasteiger partial charge in [0.1, 0.15) is 5.69 Å². The molecule has 0 aromatic carbocycles. The van der Waals surface area contributed by atoms with E-state index in [0.717, 1.165) is 55.0 Å². The van der Waals surface area contributed by atoms with Crippen LogP contribution in [0.4, 0.5) is 0 Å². The second-order valence-electron chi connectivity index (χ2n) is 8.26. The Morgan fingerprint density at radius 2 is 1.33 bits per heavy atom. The summed E-state index contributed by atoms with van der Waals surface area (Å²) >= 11 is 2.34. The molecule has 2 aromatic rings. The van der Waals surface area contributed by atoms with Crippen molar-refractivity contribution in [3.05, 3.63) is 5.69 Å². The van der Waals surface area contributed by atoms with Crippen LogP contribution >= 0.6 is 23.5 Å². The fourth-order valence-electron chi connectivity index (χ4n) is 4.30. The number of ether oxygens (including phenoxy) is 5. The van der Waals surface area contributed by atoms with Crippen molar-refractivity contribution >= 4 is 23.5 Å². The largest absolute Gasteiger partial charge is 0.477 e. The highest BCUT2D eigenvalue weighted by Gasteiger charge is 2.38. The van der Waals surface area contributed by atoms with Crippen molar-refractivity contribution in [3.8, 4) is 17.6 Å². The molecule has 184 valence electrons. The van der Waals surface area contributed by atoms with Gasteiger partial charge in [-0.15, -0.1) is 13.1 Å². The zero-order valence-corrected chi connectivity index (χ0v) is 20.8. The second-order valence-corrected chi connectivity index (χ2v) is 9.32. The van der Waals surface area contributed by atoms with Crippen LogP contribution in [0.5, 0.6) is 17.6 Å². The lowest BCUT2D eigenvalue weighted by Crippen LogP contribution is -2.46. The maximum absolute atomic E-state index is 5.95. The molecule has 0 saturated carbocycles. The molecule has 3 saturated heterocycles. The van der Waals surface area contributed by atoms with E-state index >= 15 is 0 Å². The molecular weight excluding hydrogens is 466 g/mol. The first kappa shape index (κ1) is 24.5. The van der Waals surface area contributed by atoms with Crippen LogP contribution in [0, 0.1) is 5.92 Å². The lowest BCUT2D eigenvalue weighted by molar-refractivity contribution is 0.0717. The first-order valence-electron chi connectivity index (χ1n) is 11.7. The predicted octanol–water partition coefficient (Wildman–Crippen LogP) is 2.87. The van der Waals surface area contributed by atoms with E-state index in [2.05, 4.69) is 22.4 Å². The Hall–Kier alpha value is -1.60. The van der Waals surface area contributed by atoms with E-state index in [-0.39, 0.29) is 0 Å². The quantitative estimate of drug-likeness (QED) is 0.320. The van der Waals surface area contributed by atoms with E-state index in [1.807, 2.05) is 0 Å². The molecule has 0 amide bonds. The van der Waals surface area contributed by atoms with Gasteiger partial charge in [-0.2, -0.15) is 4.37 Å². The molecule has 5 heterocycles. The van der Waals surface area contributed by atoms with Gasteiger partial charge in [0.15, 0.2) is 0 Å². The maximum Gasteiger partial charge on any atom is 0.291 e. The highest BCUT2D eigenvalue weighted by molar-refractivity contribution is 6.99. The minimum absolute atomic E-state index is 0.432. The average molecular weight is 500 g/mol. The summed E-state index contributed by atoms with van der Waals surface area (Å²) in [6, 6.07) is 0. The number of nitrogens with zero attached hydrogens (tertiary/aromatic N) is 5. The number of piperidine rings is 3. The third-order valence-electron chi connectivity index (χ3n) is 6.03. The molecule has 2 bridgehead atoms. The number of rotatable bonds is 16. The number of fused-ring (bicyclic) bond motifs is 3. The molecule has 3 fully saturated rings. The van der Waals surface area contributed by atoms with Crippen LogP contribution in [-0.4, -0.2) is 88.8 Å². The van der Waals surface area contributed by atoms with Gasteiger partial charge in [-0.25, -0.2) is 0 Å². The molecule has 0 spiro atoms. The van der Waals surface area contributed by atoms with Crippen LogP contribution in [0.2, 0.25) is 0 Å². The zero-order chi connectivity index (χ0) is 22.7. The fourth-order valence-corrected chi connectivity index (χ4v) is 5.34.